The van der Waals surface area contributed by atoms with Gasteiger partial charge in [0.05, 0.1) is 25.2 Å². The molecule has 2 aromatic heterocycles. The van der Waals surface area contributed by atoms with Crippen LogP contribution in [0, 0.1) is 13.8 Å². The molecule has 0 fully saturated rings. The van der Waals surface area contributed by atoms with Gasteiger partial charge in [0.2, 0.25) is 0 Å². The molecule has 0 saturated heterocycles. The number of aryl methyl sites for hydroxylation is 1. The number of hydrogen-bond donors (Lipinski definition) is 2. The number of benzene rings is 1. The van der Waals surface area contributed by atoms with Gasteiger partial charge >= 0.3 is 0 Å². The van der Waals surface area contributed by atoms with E-state index < -0.39 is 0 Å². The van der Waals surface area contributed by atoms with Crippen molar-refractivity contribution < 1.29 is 9.21 Å². The van der Waals surface area contributed by atoms with E-state index in [1.54, 1.807) is 24.6 Å². The minimum absolute atomic E-state index is 0.257. The lowest BCUT2D eigenvalue weighted by molar-refractivity contribution is 0.0942. The Hall–Kier alpha value is -3.15. The first kappa shape index (κ1) is 15.7. The number of anilines is 2. The lowest BCUT2D eigenvalue weighted by Crippen LogP contribution is -2.23. The first-order chi connectivity index (χ1) is 11.6. The smallest absolute Gasteiger partial charge is 0.271 e. The summed E-state index contributed by atoms with van der Waals surface area (Å²) in [6, 6.07) is 9.58. The predicted octanol–water partition coefficient (Wildman–Crippen LogP) is 3.36. The first-order valence-electron chi connectivity index (χ1n) is 7.59. The van der Waals surface area contributed by atoms with E-state index in [1.165, 1.54) is 11.8 Å². The molecule has 2 N–H and O–H groups in total. The van der Waals surface area contributed by atoms with E-state index in [0.29, 0.717) is 18.1 Å². The van der Waals surface area contributed by atoms with Crippen LogP contribution in [-0.2, 0) is 6.54 Å². The van der Waals surface area contributed by atoms with E-state index in [0.717, 1.165) is 11.3 Å². The molecule has 2 heterocycles. The maximum absolute atomic E-state index is 12.0. The van der Waals surface area contributed by atoms with Gasteiger partial charge in [0.1, 0.15) is 17.3 Å². The van der Waals surface area contributed by atoms with Gasteiger partial charge in [-0.05, 0) is 43.2 Å². The van der Waals surface area contributed by atoms with Gasteiger partial charge in [-0.1, -0.05) is 12.1 Å². The van der Waals surface area contributed by atoms with Crippen molar-refractivity contribution in [1.82, 2.24) is 15.3 Å². The zero-order valence-electron chi connectivity index (χ0n) is 13.5. The molecular weight excluding hydrogens is 304 g/mol. The molecule has 3 rings (SSSR count). The average molecular weight is 322 g/mol. The minimum atomic E-state index is -0.294. The van der Waals surface area contributed by atoms with E-state index in [4.69, 9.17) is 4.42 Å². The molecule has 24 heavy (non-hydrogen) atoms. The molecule has 0 atom stereocenters. The van der Waals surface area contributed by atoms with Gasteiger partial charge in [0.15, 0.2) is 0 Å². The van der Waals surface area contributed by atoms with Crippen LogP contribution in [0.4, 0.5) is 11.5 Å². The Bertz CT molecular complexity index is 827. The van der Waals surface area contributed by atoms with Crippen LogP contribution in [0.3, 0.4) is 0 Å². The lowest BCUT2D eigenvalue weighted by atomic mass is 10.1. The summed E-state index contributed by atoms with van der Waals surface area (Å²) < 4.78 is 5.17. The molecule has 0 aliphatic rings. The van der Waals surface area contributed by atoms with E-state index in [2.05, 4.69) is 33.6 Å². The summed E-state index contributed by atoms with van der Waals surface area (Å²) in [4.78, 5) is 20.4. The van der Waals surface area contributed by atoms with Gasteiger partial charge < -0.3 is 15.1 Å². The molecule has 0 radical (unpaired) electrons. The van der Waals surface area contributed by atoms with Crippen LogP contribution in [-0.4, -0.2) is 15.9 Å². The maximum atomic E-state index is 12.0. The zero-order chi connectivity index (χ0) is 16.9. The highest BCUT2D eigenvalue weighted by molar-refractivity contribution is 5.91. The van der Waals surface area contributed by atoms with Gasteiger partial charge in [-0.15, -0.1) is 0 Å². The number of furan rings is 1. The Balaban J connectivity index is 1.64. The molecule has 122 valence electrons. The van der Waals surface area contributed by atoms with Gasteiger partial charge in [-0.2, -0.15) is 0 Å². The molecule has 0 aliphatic carbocycles. The highest BCUT2D eigenvalue weighted by atomic mass is 16.3. The van der Waals surface area contributed by atoms with Crippen molar-refractivity contribution in [3.63, 3.8) is 0 Å². The average Bonchev–Trinajstić information content (AvgIpc) is 3.11. The molecular formula is C18H18N4O2. The largest absolute Gasteiger partial charge is 0.467 e. The summed E-state index contributed by atoms with van der Waals surface area (Å²) in [5.74, 6) is 0.980. The molecule has 1 aromatic carbocycles. The van der Waals surface area contributed by atoms with E-state index >= 15 is 0 Å². The van der Waals surface area contributed by atoms with Crippen molar-refractivity contribution in [1.29, 1.82) is 0 Å². The predicted molar refractivity (Wildman–Crippen MR) is 91.1 cm³/mol. The number of carbonyl (C=O) groups is 1. The lowest BCUT2D eigenvalue weighted by Gasteiger charge is -2.10. The fourth-order valence-corrected chi connectivity index (χ4v) is 2.21. The number of amides is 1. The summed E-state index contributed by atoms with van der Waals surface area (Å²) in [5, 5.41) is 5.94. The van der Waals surface area contributed by atoms with Crippen LogP contribution in [0.5, 0.6) is 0 Å². The molecule has 0 aliphatic heterocycles. The number of hydrogen-bond acceptors (Lipinski definition) is 5. The maximum Gasteiger partial charge on any atom is 0.271 e. The monoisotopic (exact) mass is 322 g/mol. The fourth-order valence-electron chi connectivity index (χ4n) is 2.21. The van der Waals surface area contributed by atoms with Crippen molar-refractivity contribution in [3.05, 3.63) is 71.6 Å². The third-order valence-electron chi connectivity index (χ3n) is 3.76. The van der Waals surface area contributed by atoms with E-state index in [9.17, 15) is 4.79 Å². The van der Waals surface area contributed by atoms with Crippen molar-refractivity contribution in [3.8, 4) is 0 Å². The Morgan fingerprint density at radius 2 is 2.00 bits per heavy atom. The van der Waals surface area contributed by atoms with Crippen LogP contribution in [0.2, 0.25) is 0 Å². The molecule has 1 amide bonds. The second-order valence-electron chi connectivity index (χ2n) is 5.42. The highest BCUT2D eigenvalue weighted by Gasteiger charge is 2.09. The van der Waals surface area contributed by atoms with E-state index in [-0.39, 0.29) is 11.6 Å². The molecule has 3 aromatic rings. The second kappa shape index (κ2) is 6.95. The fraction of sp³-hybridized carbons (Fsp3) is 0.167. The molecule has 0 bridgehead atoms. The molecule has 0 spiro atoms. The summed E-state index contributed by atoms with van der Waals surface area (Å²) in [6.45, 7) is 4.41. The zero-order valence-corrected chi connectivity index (χ0v) is 13.5. The van der Waals surface area contributed by atoms with Gasteiger partial charge in [0.25, 0.3) is 5.91 Å². The number of carbonyl (C=O) groups excluding carboxylic acids is 1. The number of aromatic nitrogens is 2. The first-order valence-corrected chi connectivity index (χ1v) is 7.59. The summed E-state index contributed by atoms with van der Waals surface area (Å²) in [5.41, 5.74) is 3.58. The molecule has 0 unspecified atom stereocenters. The van der Waals surface area contributed by atoms with Crippen LogP contribution in [0.1, 0.15) is 27.4 Å². The number of nitrogens with one attached hydrogen (secondary N) is 2. The van der Waals surface area contributed by atoms with Gasteiger partial charge in [-0.3, -0.25) is 4.79 Å². The minimum Gasteiger partial charge on any atom is -0.467 e. The highest BCUT2D eigenvalue weighted by Crippen LogP contribution is 2.21. The van der Waals surface area contributed by atoms with Crippen LogP contribution >= 0.6 is 0 Å². The number of nitrogens with zero attached hydrogens (tertiary/aromatic N) is 2. The van der Waals surface area contributed by atoms with Crippen LogP contribution in [0.25, 0.3) is 0 Å². The van der Waals surface area contributed by atoms with E-state index in [1.807, 2.05) is 19.1 Å². The second-order valence-corrected chi connectivity index (χ2v) is 5.42. The Labute approximate surface area is 140 Å². The Morgan fingerprint density at radius 1 is 1.12 bits per heavy atom. The van der Waals surface area contributed by atoms with Gasteiger partial charge in [0, 0.05) is 5.69 Å². The SMILES string of the molecule is Cc1cccc(Nc2cnc(C(=O)NCc3ccco3)cn2)c1C. The summed E-state index contributed by atoms with van der Waals surface area (Å²) >= 11 is 0. The molecule has 6 nitrogen and oxygen atoms in total. The Kier molecular flexibility index (Phi) is 4.56. The Morgan fingerprint density at radius 3 is 2.71 bits per heavy atom. The standard InChI is InChI=1S/C18H18N4O2/c1-12-5-3-7-15(13(12)2)22-17-11-19-16(10-20-17)18(23)21-9-14-6-4-8-24-14/h3-8,10-11H,9H2,1-2H3,(H,20,22)(H,21,23). The van der Waals surface area contributed by atoms with Crippen molar-refractivity contribution in [2.45, 2.75) is 20.4 Å². The third-order valence-corrected chi connectivity index (χ3v) is 3.76. The van der Waals surface area contributed by atoms with Crippen LogP contribution in [0.15, 0.2) is 53.4 Å². The third kappa shape index (κ3) is 3.60. The van der Waals surface area contributed by atoms with Crippen molar-refractivity contribution in [2.75, 3.05) is 5.32 Å². The number of rotatable bonds is 5. The quantitative estimate of drug-likeness (QED) is 0.753. The van der Waals surface area contributed by atoms with Gasteiger partial charge in [-0.25, -0.2) is 9.97 Å². The summed E-state index contributed by atoms with van der Waals surface area (Å²) in [6.07, 6.45) is 4.56. The van der Waals surface area contributed by atoms with Crippen molar-refractivity contribution in [2.24, 2.45) is 0 Å². The topological polar surface area (TPSA) is 80.0 Å². The van der Waals surface area contributed by atoms with Crippen molar-refractivity contribution >= 4 is 17.4 Å². The molecule has 6 heteroatoms. The summed E-state index contributed by atoms with van der Waals surface area (Å²) in [7, 11) is 0. The van der Waals surface area contributed by atoms with Crippen LogP contribution < -0.4 is 10.6 Å². The normalized spacial score (nSPS) is 10.4. The molecule has 0 saturated carbocycles.